The Morgan fingerprint density at radius 2 is 2.04 bits per heavy atom. The number of nitrogens with one attached hydrogen (secondary N) is 2. The van der Waals surface area contributed by atoms with Crippen LogP contribution in [-0.4, -0.2) is 41.9 Å². The van der Waals surface area contributed by atoms with Crippen LogP contribution in [-0.2, 0) is 6.54 Å². The molecule has 0 saturated carbocycles. The van der Waals surface area contributed by atoms with Crippen molar-refractivity contribution in [3.8, 4) is 0 Å². The summed E-state index contributed by atoms with van der Waals surface area (Å²) in [4.78, 5) is 16.3. The quantitative estimate of drug-likeness (QED) is 0.851. The molecule has 28 heavy (non-hydrogen) atoms. The summed E-state index contributed by atoms with van der Waals surface area (Å²) in [6.45, 7) is 12.4. The Morgan fingerprint density at radius 3 is 2.86 bits per heavy atom. The number of fused-ring (bicyclic) bond motifs is 1. The fourth-order valence-electron chi connectivity index (χ4n) is 3.86. The van der Waals surface area contributed by atoms with Gasteiger partial charge in [-0.15, -0.1) is 0 Å². The first-order valence-electron chi connectivity index (χ1n) is 10.2. The molecule has 1 aromatic heterocycles. The minimum Gasteiger partial charge on any atom is -0.340 e. The summed E-state index contributed by atoms with van der Waals surface area (Å²) < 4.78 is 0. The molecule has 2 aliphatic rings. The first-order valence-corrected chi connectivity index (χ1v) is 10.2. The molecule has 0 aliphatic carbocycles. The smallest absolute Gasteiger partial charge is 0.227 e. The minimum absolute atomic E-state index is 0.558. The Hall–Kier alpha value is -2.47. The zero-order valence-corrected chi connectivity index (χ0v) is 17.3. The molecule has 2 aromatic rings. The van der Waals surface area contributed by atoms with Gasteiger partial charge in [0.15, 0.2) is 0 Å². The van der Waals surface area contributed by atoms with Crippen molar-refractivity contribution in [3.05, 3.63) is 40.6 Å². The fourth-order valence-corrected chi connectivity index (χ4v) is 3.86. The average molecular weight is 379 g/mol. The fraction of sp³-hybridized carbons (Fsp3) is 0.500. The zero-order chi connectivity index (χ0) is 19.7. The number of aryl methyl sites for hydroxylation is 1. The van der Waals surface area contributed by atoms with E-state index in [-0.39, 0.29) is 0 Å². The SMILES string of the molecule is Cc1nc(N2CCNC(C(C)C)CC2)nc(Nc2ccc3c(c2)C=NC3)c1C. The van der Waals surface area contributed by atoms with Gasteiger partial charge < -0.3 is 15.5 Å². The van der Waals surface area contributed by atoms with E-state index in [1.807, 2.05) is 6.21 Å². The number of nitrogens with zero attached hydrogens (tertiary/aromatic N) is 4. The van der Waals surface area contributed by atoms with Gasteiger partial charge in [-0.1, -0.05) is 19.9 Å². The molecule has 1 saturated heterocycles. The molecule has 148 valence electrons. The summed E-state index contributed by atoms with van der Waals surface area (Å²) in [5.74, 6) is 2.34. The first kappa shape index (κ1) is 18.9. The van der Waals surface area contributed by atoms with Gasteiger partial charge in [0.25, 0.3) is 0 Å². The Morgan fingerprint density at radius 1 is 1.18 bits per heavy atom. The molecule has 1 aromatic carbocycles. The van der Waals surface area contributed by atoms with E-state index in [1.165, 1.54) is 11.1 Å². The number of aromatic nitrogens is 2. The molecule has 0 bridgehead atoms. The second kappa shape index (κ2) is 7.87. The Kier molecular flexibility index (Phi) is 5.31. The molecule has 3 heterocycles. The molecule has 2 N–H and O–H groups in total. The molecule has 1 atom stereocenters. The Bertz CT molecular complexity index is 889. The van der Waals surface area contributed by atoms with Crippen molar-refractivity contribution in [1.29, 1.82) is 0 Å². The van der Waals surface area contributed by atoms with Gasteiger partial charge in [0.05, 0.1) is 6.54 Å². The molecular weight excluding hydrogens is 348 g/mol. The van der Waals surface area contributed by atoms with E-state index < -0.39 is 0 Å². The second-order valence-electron chi connectivity index (χ2n) is 8.17. The predicted octanol–water partition coefficient (Wildman–Crippen LogP) is 3.59. The molecular formula is C22H30N6. The summed E-state index contributed by atoms with van der Waals surface area (Å²) in [7, 11) is 0. The highest BCUT2D eigenvalue weighted by Crippen LogP contribution is 2.26. The van der Waals surface area contributed by atoms with Crippen LogP contribution < -0.4 is 15.5 Å². The second-order valence-corrected chi connectivity index (χ2v) is 8.17. The normalized spacial score (nSPS) is 19.0. The van der Waals surface area contributed by atoms with Crippen molar-refractivity contribution < 1.29 is 0 Å². The van der Waals surface area contributed by atoms with E-state index >= 15 is 0 Å². The highest BCUT2D eigenvalue weighted by atomic mass is 15.3. The van der Waals surface area contributed by atoms with Gasteiger partial charge >= 0.3 is 0 Å². The minimum atomic E-state index is 0.558. The molecule has 4 rings (SSSR count). The van der Waals surface area contributed by atoms with Crippen LogP contribution in [0.2, 0.25) is 0 Å². The van der Waals surface area contributed by atoms with Crippen molar-refractivity contribution in [2.75, 3.05) is 29.9 Å². The number of benzene rings is 1. The lowest BCUT2D eigenvalue weighted by atomic mass is 10.0. The van der Waals surface area contributed by atoms with Crippen molar-refractivity contribution in [3.63, 3.8) is 0 Å². The highest BCUT2D eigenvalue weighted by molar-refractivity contribution is 5.86. The van der Waals surface area contributed by atoms with Gasteiger partial charge in [-0.05, 0) is 49.4 Å². The molecule has 1 unspecified atom stereocenters. The molecule has 0 amide bonds. The molecule has 6 nitrogen and oxygen atoms in total. The maximum atomic E-state index is 4.90. The lowest BCUT2D eigenvalue weighted by molar-refractivity contribution is 0.403. The standard InChI is InChI=1S/C22H30N6/c1-14(2)20-7-9-28(10-8-24-20)22-25-16(4)15(3)21(27-22)26-19-6-5-17-12-23-13-18(17)11-19/h5-6,11,13-14,20,24H,7-10,12H2,1-4H3,(H,25,26,27). The van der Waals surface area contributed by atoms with Crippen LogP contribution in [0.25, 0.3) is 0 Å². The van der Waals surface area contributed by atoms with Gasteiger partial charge in [0.2, 0.25) is 5.95 Å². The van der Waals surface area contributed by atoms with E-state index in [0.717, 1.165) is 61.3 Å². The van der Waals surface area contributed by atoms with E-state index in [1.54, 1.807) is 0 Å². The van der Waals surface area contributed by atoms with Crippen LogP contribution >= 0.6 is 0 Å². The van der Waals surface area contributed by atoms with Crippen molar-refractivity contribution in [2.45, 2.75) is 46.7 Å². The first-order chi connectivity index (χ1) is 13.5. The van der Waals surface area contributed by atoms with Crippen molar-refractivity contribution in [2.24, 2.45) is 10.9 Å². The molecule has 6 heteroatoms. The third-order valence-electron chi connectivity index (χ3n) is 5.86. The third kappa shape index (κ3) is 3.87. The lowest BCUT2D eigenvalue weighted by Gasteiger charge is -2.23. The zero-order valence-electron chi connectivity index (χ0n) is 17.3. The highest BCUT2D eigenvalue weighted by Gasteiger charge is 2.21. The summed E-state index contributed by atoms with van der Waals surface area (Å²) in [6, 6.07) is 6.95. The average Bonchev–Trinajstić information content (AvgIpc) is 2.99. The van der Waals surface area contributed by atoms with Crippen LogP contribution in [0.1, 0.15) is 42.7 Å². The number of rotatable bonds is 4. The maximum Gasteiger partial charge on any atom is 0.227 e. The van der Waals surface area contributed by atoms with Crippen LogP contribution in [0.4, 0.5) is 17.5 Å². The van der Waals surface area contributed by atoms with E-state index in [0.29, 0.717) is 12.0 Å². The monoisotopic (exact) mass is 378 g/mol. The van der Waals surface area contributed by atoms with Crippen molar-refractivity contribution in [1.82, 2.24) is 15.3 Å². The Labute approximate surface area is 167 Å². The number of aliphatic imine (C=N–C) groups is 1. The third-order valence-corrected chi connectivity index (χ3v) is 5.86. The van der Waals surface area contributed by atoms with E-state index in [2.05, 4.69) is 66.4 Å². The lowest BCUT2D eigenvalue weighted by Crippen LogP contribution is -2.34. The van der Waals surface area contributed by atoms with Gasteiger partial charge in [-0.25, -0.2) is 4.98 Å². The topological polar surface area (TPSA) is 65.4 Å². The summed E-state index contributed by atoms with van der Waals surface area (Å²) in [5.41, 5.74) is 5.61. The van der Waals surface area contributed by atoms with Gasteiger partial charge in [0.1, 0.15) is 5.82 Å². The van der Waals surface area contributed by atoms with E-state index in [9.17, 15) is 0 Å². The molecule has 0 spiro atoms. The summed E-state index contributed by atoms with van der Waals surface area (Å²) in [5, 5.41) is 7.17. The Balaban J connectivity index is 1.57. The van der Waals surface area contributed by atoms with Gasteiger partial charge in [-0.2, -0.15) is 4.98 Å². The maximum absolute atomic E-state index is 4.90. The van der Waals surface area contributed by atoms with E-state index in [4.69, 9.17) is 9.97 Å². The summed E-state index contributed by atoms with van der Waals surface area (Å²) >= 11 is 0. The largest absolute Gasteiger partial charge is 0.340 e. The van der Waals surface area contributed by atoms with Crippen LogP contribution in [0.3, 0.4) is 0 Å². The molecule has 1 fully saturated rings. The van der Waals surface area contributed by atoms with Gasteiger partial charge in [0, 0.05) is 48.8 Å². The number of anilines is 3. The molecule has 2 aliphatic heterocycles. The predicted molar refractivity (Wildman–Crippen MR) is 116 cm³/mol. The number of hydrogen-bond acceptors (Lipinski definition) is 6. The van der Waals surface area contributed by atoms with Crippen LogP contribution in [0, 0.1) is 19.8 Å². The summed E-state index contributed by atoms with van der Waals surface area (Å²) in [6.07, 6.45) is 3.06. The molecule has 0 radical (unpaired) electrons. The van der Waals surface area contributed by atoms with Crippen LogP contribution in [0.5, 0.6) is 0 Å². The van der Waals surface area contributed by atoms with Gasteiger partial charge in [-0.3, -0.25) is 4.99 Å². The van der Waals surface area contributed by atoms with Crippen molar-refractivity contribution >= 4 is 23.7 Å². The van der Waals surface area contributed by atoms with Crippen LogP contribution in [0.15, 0.2) is 23.2 Å². The number of hydrogen-bond donors (Lipinski definition) is 2.